The number of aryl methyl sites for hydroxylation is 1. The third-order valence-corrected chi connectivity index (χ3v) is 6.43. The fraction of sp³-hybridized carbons (Fsp3) is 0.226. The number of hydrogen-bond acceptors (Lipinski definition) is 6. The first-order valence-electron chi connectivity index (χ1n) is 12.5. The Morgan fingerprint density at radius 3 is 2.50 bits per heavy atom. The van der Waals surface area contributed by atoms with Crippen LogP contribution in [-0.2, 0) is 11.8 Å². The summed E-state index contributed by atoms with van der Waals surface area (Å²) >= 11 is 0. The summed E-state index contributed by atoms with van der Waals surface area (Å²) in [6.07, 6.45) is 5.39. The molecule has 0 atom stereocenters. The first-order valence-corrected chi connectivity index (χ1v) is 12.5. The summed E-state index contributed by atoms with van der Waals surface area (Å²) in [5.74, 6) is 4.27. The number of carbonyl (C=O) groups excluding carboxylic acids is 1. The van der Waals surface area contributed by atoms with Crippen molar-refractivity contribution in [2.45, 2.75) is 26.7 Å². The van der Waals surface area contributed by atoms with Crippen LogP contribution in [0, 0.1) is 12.3 Å². The minimum absolute atomic E-state index is 0.177. The molecule has 3 aromatic carbocycles. The summed E-state index contributed by atoms with van der Waals surface area (Å²) in [4.78, 5) is 26.9. The summed E-state index contributed by atoms with van der Waals surface area (Å²) in [5, 5.41) is 0.851. The lowest BCUT2D eigenvalue weighted by molar-refractivity contribution is 0.0526. The molecule has 38 heavy (non-hydrogen) atoms. The molecule has 0 aliphatic carbocycles. The maximum Gasteiger partial charge on any atom is 0.338 e. The smallest absolute Gasteiger partial charge is 0.338 e. The van der Waals surface area contributed by atoms with Crippen molar-refractivity contribution in [3.05, 3.63) is 71.8 Å². The molecule has 2 aromatic heterocycles. The van der Waals surface area contributed by atoms with E-state index in [1.54, 1.807) is 19.1 Å². The molecular formula is C31H28N4O3. The van der Waals surface area contributed by atoms with Crippen LogP contribution in [0.2, 0.25) is 0 Å². The topological polar surface area (TPSA) is 79.1 Å². The molecule has 7 nitrogen and oxygen atoms in total. The van der Waals surface area contributed by atoms with E-state index in [-0.39, 0.29) is 12.6 Å². The molecule has 0 aliphatic heterocycles. The molecule has 0 bridgehead atoms. The number of nitrogens with zero attached hydrogens (tertiary/aromatic N) is 4. The van der Waals surface area contributed by atoms with E-state index >= 15 is 0 Å². The Labute approximate surface area is 221 Å². The van der Waals surface area contributed by atoms with E-state index < -0.39 is 0 Å². The minimum atomic E-state index is -0.376. The summed E-state index contributed by atoms with van der Waals surface area (Å²) in [6.45, 7) is 6.61. The number of carbonyl (C=O) groups is 1. The van der Waals surface area contributed by atoms with Crippen molar-refractivity contribution in [1.29, 1.82) is 0 Å². The highest BCUT2D eigenvalue weighted by Crippen LogP contribution is 2.33. The Bertz CT molecular complexity index is 1700. The number of rotatable bonds is 7. The van der Waals surface area contributed by atoms with Gasteiger partial charge in [-0.3, -0.25) is 0 Å². The fourth-order valence-corrected chi connectivity index (χ4v) is 4.41. The second-order valence-electron chi connectivity index (χ2n) is 9.26. The molecule has 0 amide bonds. The van der Waals surface area contributed by atoms with Crippen LogP contribution in [0.15, 0.2) is 60.7 Å². The molecule has 0 saturated heterocycles. The van der Waals surface area contributed by atoms with Gasteiger partial charge >= 0.3 is 5.97 Å². The molecule has 2 heterocycles. The predicted octanol–water partition coefficient (Wildman–Crippen LogP) is 6.16. The maximum atomic E-state index is 12.3. The second kappa shape index (κ2) is 10.3. The van der Waals surface area contributed by atoms with E-state index in [1.807, 2.05) is 35.9 Å². The van der Waals surface area contributed by atoms with Crippen molar-refractivity contribution in [2.75, 3.05) is 13.2 Å². The summed E-state index contributed by atoms with van der Waals surface area (Å²) in [5.41, 5.74) is 5.71. The number of ether oxygens (including phenoxy) is 2. The zero-order valence-corrected chi connectivity index (χ0v) is 21.9. The van der Waals surface area contributed by atoms with Crippen LogP contribution >= 0.6 is 0 Å². The Kier molecular flexibility index (Phi) is 6.80. The van der Waals surface area contributed by atoms with E-state index in [2.05, 4.69) is 44.0 Å². The van der Waals surface area contributed by atoms with Crippen LogP contribution in [0.5, 0.6) is 5.75 Å². The quantitative estimate of drug-likeness (QED) is 0.195. The van der Waals surface area contributed by atoms with Gasteiger partial charge in [-0.25, -0.2) is 19.7 Å². The Balaban J connectivity index is 1.68. The first kappa shape index (κ1) is 25.0. The molecular weight excluding hydrogens is 476 g/mol. The number of benzene rings is 3. The lowest BCUT2D eigenvalue weighted by atomic mass is 9.99. The van der Waals surface area contributed by atoms with Gasteiger partial charge in [-0.2, -0.15) is 0 Å². The lowest BCUT2D eigenvalue weighted by Gasteiger charge is -2.12. The third kappa shape index (κ3) is 4.69. The largest absolute Gasteiger partial charge is 0.481 e. The van der Waals surface area contributed by atoms with E-state index in [4.69, 9.17) is 30.8 Å². The minimum Gasteiger partial charge on any atom is -0.481 e. The van der Waals surface area contributed by atoms with Crippen LogP contribution < -0.4 is 4.74 Å². The van der Waals surface area contributed by atoms with Gasteiger partial charge in [-0.05, 0) is 54.8 Å². The highest BCUT2D eigenvalue weighted by Gasteiger charge is 2.19. The van der Waals surface area contributed by atoms with Crippen molar-refractivity contribution in [3.63, 3.8) is 0 Å². The van der Waals surface area contributed by atoms with Crippen molar-refractivity contribution < 1.29 is 14.3 Å². The van der Waals surface area contributed by atoms with Gasteiger partial charge in [0.25, 0.3) is 0 Å². The number of aromatic nitrogens is 4. The normalized spacial score (nSPS) is 11.2. The van der Waals surface area contributed by atoms with Crippen LogP contribution in [-0.4, -0.2) is 38.7 Å². The van der Waals surface area contributed by atoms with E-state index in [1.165, 1.54) is 5.56 Å². The molecule has 0 saturated carbocycles. The van der Waals surface area contributed by atoms with Gasteiger partial charge in [-0.15, -0.1) is 6.42 Å². The van der Waals surface area contributed by atoms with Crippen molar-refractivity contribution in [1.82, 2.24) is 19.5 Å². The SMILES string of the molecule is C#CCOc1ccc2nc(-c3nc4cc(C(=O)OCC)ccc4n3C)nc(-c3ccc(C(C)C)cc3)c2c1. The molecule has 5 aromatic rings. The van der Waals surface area contributed by atoms with Gasteiger partial charge in [0.15, 0.2) is 11.6 Å². The van der Waals surface area contributed by atoms with Gasteiger partial charge in [0.1, 0.15) is 12.4 Å². The Morgan fingerprint density at radius 2 is 1.79 bits per heavy atom. The van der Waals surface area contributed by atoms with Crippen LogP contribution in [0.3, 0.4) is 0 Å². The van der Waals surface area contributed by atoms with Gasteiger partial charge in [-0.1, -0.05) is 44.0 Å². The van der Waals surface area contributed by atoms with Gasteiger partial charge in [0.05, 0.1) is 34.4 Å². The van der Waals surface area contributed by atoms with Gasteiger partial charge in [0.2, 0.25) is 0 Å². The van der Waals surface area contributed by atoms with E-state index in [0.29, 0.717) is 41.0 Å². The molecule has 190 valence electrons. The van der Waals surface area contributed by atoms with Gasteiger partial charge < -0.3 is 14.0 Å². The molecule has 0 unspecified atom stereocenters. The summed E-state index contributed by atoms with van der Waals surface area (Å²) in [6, 6.07) is 19.4. The average Bonchev–Trinajstić information content (AvgIpc) is 3.27. The average molecular weight is 505 g/mol. The molecule has 0 spiro atoms. The number of terminal acetylenes is 1. The number of fused-ring (bicyclic) bond motifs is 2. The molecule has 0 aliphatic rings. The van der Waals surface area contributed by atoms with Crippen molar-refractivity contribution >= 4 is 27.9 Å². The monoisotopic (exact) mass is 504 g/mol. The Hall–Kier alpha value is -4.70. The zero-order chi connectivity index (χ0) is 26.8. The molecule has 0 fully saturated rings. The molecule has 5 rings (SSSR count). The van der Waals surface area contributed by atoms with Crippen molar-refractivity contribution in [2.24, 2.45) is 7.05 Å². The number of esters is 1. The molecule has 0 radical (unpaired) electrons. The Morgan fingerprint density at radius 1 is 1.00 bits per heavy atom. The highest BCUT2D eigenvalue weighted by molar-refractivity contribution is 5.96. The first-order chi connectivity index (χ1) is 18.4. The predicted molar refractivity (Wildman–Crippen MR) is 149 cm³/mol. The maximum absolute atomic E-state index is 12.3. The number of hydrogen-bond donors (Lipinski definition) is 0. The standard InChI is InChI=1S/C31H28N4O3/c1-6-16-38-23-13-14-25-24(18-23)28(21-10-8-20(9-11-21)19(3)4)34-29(32-25)30-33-26-17-22(31(36)37-7-2)12-15-27(26)35(30)5/h1,8-15,17-19H,7,16H2,2-5H3. The molecule has 0 N–H and O–H groups in total. The van der Waals surface area contributed by atoms with Crippen LogP contribution in [0.4, 0.5) is 0 Å². The lowest BCUT2D eigenvalue weighted by Crippen LogP contribution is -2.04. The number of imidazole rings is 1. The third-order valence-electron chi connectivity index (χ3n) is 6.43. The second-order valence-corrected chi connectivity index (χ2v) is 9.26. The fourth-order valence-electron chi connectivity index (χ4n) is 4.41. The van der Waals surface area contributed by atoms with E-state index in [0.717, 1.165) is 27.7 Å². The highest BCUT2D eigenvalue weighted by atomic mass is 16.5. The van der Waals surface area contributed by atoms with E-state index in [9.17, 15) is 4.79 Å². The van der Waals surface area contributed by atoms with Crippen LogP contribution in [0.25, 0.3) is 44.8 Å². The van der Waals surface area contributed by atoms with Gasteiger partial charge in [0, 0.05) is 18.0 Å². The molecule has 7 heteroatoms. The summed E-state index contributed by atoms with van der Waals surface area (Å²) in [7, 11) is 1.91. The zero-order valence-electron chi connectivity index (χ0n) is 21.9. The van der Waals surface area contributed by atoms with Crippen molar-refractivity contribution in [3.8, 4) is 41.0 Å². The summed E-state index contributed by atoms with van der Waals surface area (Å²) < 4.78 is 12.8. The van der Waals surface area contributed by atoms with Crippen LogP contribution in [0.1, 0.15) is 42.6 Å².